The summed E-state index contributed by atoms with van der Waals surface area (Å²) in [5.74, 6) is 1.59. The van der Waals surface area contributed by atoms with E-state index in [1.165, 1.54) is 0 Å². The van der Waals surface area contributed by atoms with E-state index in [1.54, 1.807) is 12.0 Å². The Morgan fingerprint density at radius 2 is 1.76 bits per heavy atom. The van der Waals surface area contributed by atoms with Crippen LogP contribution in [0, 0.1) is 0 Å². The van der Waals surface area contributed by atoms with Gasteiger partial charge in [-0.3, -0.25) is 9.59 Å². The van der Waals surface area contributed by atoms with Crippen LogP contribution in [0.25, 0.3) is 0 Å². The van der Waals surface area contributed by atoms with E-state index in [-0.39, 0.29) is 18.4 Å². The molecule has 6 heteroatoms. The third kappa shape index (κ3) is 4.70. The van der Waals surface area contributed by atoms with Crippen molar-refractivity contribution in [1.82, 2.24) is 4.90 Å². The molecule has 29 heavy (non-hydrogen) atoms. The van der Waals surface area contributed by atoms with Crippen LogP contribution in [0.15, 0.2) is 48.5 Å². The Morgan fingerprint density at radius 3 is 2.34 bits per heavy atom. The molecule has 1 heterocycles. The summed E-state index contributed by atoms with van der Waals surface area (Å²) in [6.45, 7) is 1.35. The molecule has 2 aromatic rings. The van der Waals surface area contributed by atoms with Gasteiger partial charge in [0.05, 0.1) is 7.11 Å². The molecule has 1 saturated carbocycles. The lowest BCUT2D eigenvalue weighted by Gasteiger charge is -2.23. The second-order valence-electron chi connectivity index (χ2n) is 7.53. The fourth-order valence-corrected chi connectivity index (χ4v) is 3.61. The monoisotopic (exact) mass is 394 g/mol. The van der Waals surface area contributed by atoms with E-state index in [9.17, 15) is 9.59 Å². The van der Waals surface area contributed by atoms with Crippen LogP contribution in [0.3, 0.4) is 0 Å². The van der Waals surface area contributed by atoms with E-state index in [4.69, 9.17) is 9.47 Å². The fourth-order valence-electron chi connectivity index (χ4n) is 3.61. The highest BCUT2D eigenvalue weighted by Crippen LogP contribution is 2.29. The molecule has 6 nitrogen and oxygen atoms in total. The number of hydrogen-bond acceptors (Lipinski definition) is 4. The van der Waals surface area contributed by atoms with Gasteiger partial charge in [0.1, 0.15) is 11.5 Å². The summed E-state index contributed by atoms with van der Waals surface area (Å²) in [5.41, 5.74) is 1.95. The minimum Gasteiger partial charge on any atom is -0.497 e. The molecule has 0 aromatic heterocycles. The summed E-state index contributed by atoms with van der Waals surface area (Å²) >= 11 is 0. The predicted octanol–water partition coefficient (Wildman–Crippen LogP) is 3.39. The van der Waals surface area contributed by atoms with E-state index >= 15 is 0 Å². The molecule has 0 spiro atoms. The van der Waals surface area contributed by atoms with Crippen molar-refractivity contribution in [3.63, 3.8) is 0 Å². The smallest absolute Gasteiger partial charge is 0.261 e. The Hall–Kier alpha value is -3.02. The third-order valence-electron chi connectivity index (χ3n) is 5.40. The second-order valence-corrected chi connectivity index (χ2v) is 7.53. The Morgan fingerprint density at radius 1 is 1.07 bits per heavy atom. The standard InChI is InChI=1S/C23H26N2O4/c1-28-20-10-4-17(5-11-20)15-25(19-6-7-19)23(27)16-29-21-12-8-18(9-13-21)24-14-2-3-22(24)26/h4-5,8-13,19H,2-3,6-7,14-16H2,1H3. The molecule has 2 aliphatic rings. The van der Waals surface area contributed by atoms with Gasteiger partial charge >= 0.3 is 0 Å². The summed E-state index contributed by atoms with van der Waals surface area (Å²) in [4.78, 5) is 28.3. The average Bonchev–Trinajstić information content (AvgIpc) is 3.51. The van der Waals surface area contributed by atoms with Crippen LogP contribution in [-0.4, -0.2) is 43.0 Å². The molecule has 0 atom stereocenters. The van der Waals surface area contributed by atoms with Crippen molar-refractivity contribution in [3.05, 3.63) is 54.1 Å². The molecule has 2 fully saturated rings. The molecule has 152 valence electrons. The summed E-state index contributed by atoms with van der Waals surface area (Å²) < 4.78 is 10.9. The van der Waals surface area contributed by atoms with Gasteiger partial charge in [-0.2, -0.15) is 0 Å². The minimum absolute atomic E-state index is 0.00858. The molecule has 0 unspecified atom stereocenters. The van der Waals surface area contributed by atoms with E-state index in [1.807, 2.05) is 53.4 Å². The highest BCUT2D eigenvalue weighted by Gasteiger charge is 2.32. The molecule has 2 amide bonds. The molecule has 4 rings (SSSR count). The Labute approximate surface area is 171 Å². The van der Waals surface area contributed by atoms with Gasteiger partial charge in [0.2, 0.25) is 5.91 Å². The zero-order valence-corrected chi connectivity index (χ0v) is 16.7. The predicted molar refractivity (Wildman–Crippen MR) is 110 cm³/mol. The maximum Gasteiger partial charge on any atom is 0.261 e. The maximum absolute atomic E-state index is 12.8. The number of hydrogen-bond donors (Lipinski definition) is 0. The number of carbonyl (C=O) groups excluding carboxylic acids is 2. The fraction of sp³-hybridized carbons (Fsp3) is 0.391. The number of ether oxygens (including phenoxy) is 2. The van der Waals surface area contributed by atoms with Gasteiger partial charge < -0.3 is 19.3 Å². The zero-order chi connectivity index (χ0) is 20.2. The Balaban J connectivity index is 1.34. The highest BCUT2D eigenvalue weighted by atomic mass is 16.5. The van der Waals surface area contributed by atoms with Gasteiger partial charge in [0.25, 0.3) is 5.91 Å². The molecular weight excluding hydrogens is 368 g/mol. The van der Waals surface area contributed by atoms with Crippen LogP contribution in [0.2, 0.25) is 0 Å². The summed E-state index contributed by atoms with van der Waals surface area (Å²) in [7, 11) is 1.64. The molecule has 0 N–H and O–H groups in total. The topological polar surface area (TPSA) is 59.1 Å². The quantitative estimate of drug-likeness (QED) is 0.689. The molecule has 1 saturated heterocycles. The van der Waals surface area contributed by atoms with Crippen LogP contribution >= 0.6 is 0 Å². The van der Waals surface area contributed by atoms with Crippen molar-refractivity contribution < 1.29 is 19.1 Å². The van der Waals surface area contributed by atoms with E-state index in [2.05, 4.69) is 0 Å². The van der Waals surface area contributed by atoms with Crippen molar-refractivity contribution >= 4 is 17.5 Å². The first-order valence-corrected chi connectivity index (χ1v) is 10.1. The van der Waals surface area contributed by atoms with E-state index in [0.29, 0.717) is 24.8 Å². The molecule has 2 aromatic carbocycles. The summed E-state index contributed by atoms with van der Waals surface area (Å²) in [6, 6.07) is 15.5. The van der Waals surface area contributed by atoms with Crippen molar-refractivity contribution in [2.75, 3.05) is 25.2 Å². The van der Waals surface area contributed by atoms with Crippen LogP contribution in [0.4, 0.5) is 5.69 Å². The van der Waals surface area contributed by atoms with Crippen molar-refractivity contribution in [2.24, 2.45) is 0 Å². The van der Waals surface area contributed by atoms with Crippen LogP contribution in [0.1, 0.15) is 31.2 Å². The van der Waals surface area contributed by atoms with Crippen molar-refractivity contribution in [2.45, 2.75) is 38.3 Å². The van der Waals surface area contributed by atoms with Gasteiger partial charge in [-0.15, -0.1) is 0 Å². The van der Waals surface area contributed by atoms with Gasteiger partial charge in [-0.25, -0.2) is 0 Å². The molecule has 1 aliphatic carbocycles. The molecular formula is C23H26N2O4. The lowest BCUT2D eigenvalue weighted by atomic mass is 10.2. The lowest BCUT2D eigenvalue weighted by Crippen LogP contribution is -2.36. The highest BCUT2D eigenvalue weighted by molar-refractivity contribution is 5.95. The SMILES string of the molecule is COc1ccc(CN(C(=O)COc2ccc(N3CCCC3=O)cc2)C2CC2)cc1. The van der Waals surface area contributed by atoms with Crippen LogP contribution in [0.5, 0.6) is 11.5 Å². The number of benzene rings is 2. The van der Waals surface area contributed by atoms with Gasteiger partial charge in [0, 0.05) is 31.2 Å². The number of amides is 2. The summed E-state index contributed by atoms with van der Waals surface area (Å²) in [6.07, 6.45) is 3.59. The number of anilines is 1. The first-order chi connectivity index (χ1) is 14.1. The van der Waals surface area contributed by atoms with Crippen LogP contribution in [-0.2, 0) is 16.1 Å². The normalized spacial score (nSPS) is 16.0. The average molecular weight is 394 g/mol. The molecule has 0 bridgehead atoms. The van der Waals surface area contributed by atoms with E-state index < -0.39 is 0 Å². The maximum atomic E-state index is 12.8. The lowest BCUT2D eigenvalue weighted by molar-refractivity contribution is -0.134. The zero-order valence-electron chi connectivity index (χ0n) is 16.7. The van der Waals surface area contributed by atoms with Crippen LogP contribution < -0.4 is 14.4 Å². The van der Waals surface area contributed by atoms with Gasteiger partial charge in [0.15, 0.2) is 6.61 Å². The molecule has 1 aliphatic heterocycles. The summed E-state index contributed by atoms with van der Waals surface area (Å²) in [5, 5.41) is 0. The largest absolute Gasteiger partial charge is 0.497 e. The minimum atomic E-state index is -0.0119. The Bertz CT molecular complexity index is 859. The van der Waals surface area contributed by atoms with Crippen molar-refractivity contribution in [3.8, 4) is 11.5 Å². The Kier molecular flexibility index (Phi) is 5.69. The molecule has 0 radical (unpaired) electrons. The number of nitrogens with zero attached hydrogens (tertiary/aromatic N) is 2. The van der Waals surface area contributed by atoms with Gasteiger partial charge in [-0.05, 0) is 61.2 Å². The van der Waals surface area contributed by atoms with E-state index in [0.717, 1.165) is 42.8 Å². The second kappa shape index (κ2) is 8.55. The third-order valence-corrected chi connectivity index (χ3v) is 5.40. The number of rotatable bonds is 8. The number of methoxy groups -OCH3 is 1. The van der Waals surface area contributed by atoms with Gasteiger partial charge in [-0.1, -0.05) is 12.1 Å². The number of carbonyl (C=O) groups is 2. The first-order valence-electron chi connectivity index (χ1n) is 10.1. The van der Waals surface area contributed by atoms with Crippen molar-refractivity contribution in [1.29, 1.82) is 0 Å². The first kappa shape index (κ1) is 19.3.